The lowest BCUT2D eigenvalue weighted by molar-refractivity contribution is -0.131. The molecule has 1 aliphatic heterocycles. The standard InChI is InChI=1S/C18H22N2O2/c21-18(20-12-6-1-2-7-13-20)11-10-17-19-14-16(22-17)15-8-4-3-5-9-15/h3-5,8-9,14H,1-2,6-7,10-13H2. The molecule has 1 fully saturated rings. The predicted octanol–water partition coefficient (Wildman–Crippen LogP) is 3.68. The van der Waals surface area contributed by atoms with E-state index >= 15 is 0 Å². The van der Waals surface area contributed by atoms with Crippen LogP contribution in [0.1, 0.15) is 38.0 Å². The number of oxazole rings is 1. The number of carbonyl (C=O) groups is 1. The minimum atomic E-state index is 0.223. The lowest BCUT2D eigenvalue weighted by Crippen LogP contribution is -2.31. The number of hydrogen-bond donors (Lipinski definition) is 0. The monoisotopic (exact) mass is 298 g/mol. The molecular weight excluding hydrogens is 276 g/mol. The first-order valence-electron chi connectivity index (χ1n) is 8.11. The first-order valence-corrected chi connectivity index (χ1v) is 8.11. The number of nitrogens with zero attached hydrogens (tertiary/aromatic N) is 2. The van der Waals surface area contributed by atoms with E-state index in [-0.39, 0.29) is 5.91 Å². The van der Waals surface area contributed by atoms with Crippen LogP contribution in [0.3, 0.4) is 0 Å². The van der Waals surface area contributed by atoms with Gasteiger partial charge in [-0.15, -0.1) is 0 Å². The van der Waals surface area contributed by atoms with Gasteiger partial charge < -0.3 is 9.32 Å². The molecule has 22 heavy (non-hydrogen) atoms. The van der Waals surface area contributed by atoms with Crippen LogP contribution < -0.4 is 0 Å². The summed E-state index contributed by atoms with van der Waals surface area (Å²) in [5.41, 5.74) is 1.01. The number of aryl methyl sites for hydroxylation is 1. The summed E-state index contributed by atoms with van der Waals surface area (Å²) < 4.78 is 5.75. The first-order chi connectivity index (χ1) is 10.8. The number of aromatic nitrogens is 1. The molecule has 4 nitrogen and oxygen atoms in total. The Labute approximate surface area is 131 Å². The van der Waals surface area contributed by atoms with Crippen LogP contribution in [-0.4, -0.2) is 28.9 Å². The van der Waals surface area contributed by atoms with Crippen molar-refractivity contribution >= 4 is 5.91 Å². The summed E-state index contributed by atoms with van der Waals surface area (Å²) in [6, 6.07) is 9.90. The smallest absolute Gasteiger partial charge is 0.223 e. The van der Waals surface area contributed by atoms with Gasteiger partial charge in [0, 0.05) is 31.5 Å². The fourth-order valence-electron chi connectivity index (χ4n) is 2.85. The summed E-state index contributed by atoms with van der Waals surface area (Å²) in [4.78, 5) is 18.5. The van der Waals surface area contributed by atoms with Gasteiger partial charge in [-0.25, -0.2) is 4.98 Å². The Kier molecular flexibility index (Phi) is 4.88. The highest BCUT2D eigenvalue weighted by atomic mass is 16.4. The van der Waals surface area contributed by atoms with Gasteiger partial charge >= 0.3 is 0 Å². The Morgan fingerprint density at radius 2 is 1.82 bits per heavy atom. The fourth-order valence-corrected chi connectivity index (χ4v) is 2.85. The Bertz CT molecular complexity index is 599. The second-order valence-corrected chi connectivity index (χ2v) is 5.78. The van der Waals surface area contributed by atoms with Gasteiger partial charge in [-0.2, -0.15) is 0 Å². The van der Waals surface area contributed by atoms with Crippen LogP contribution in [0.25, 0.3) is 11.3 Å². The molecule has 2 heterocycles. The number of likely N-dealkylation sites (tertiary alicyclic amines) is 1. The molecular formula is C18H22N2O2. The Balaban J connectivity index is 1.55. The van der Waals surface area contributed by atoms with Gasteiger partial charge in [-0.05, 0) is 12.8 Å². The molecule has 2 aromatic rings. The number of benzene rings is 1. The largest absolute Gasteiger partial charge is 0.441 e. The van der Waals surface area contributed by atoms with E-state index in [0.29, 0.717) is 18.7 Å². The van der Waals surface area contributed by atoms with E-state index in [1.165, 1.54) is 12.8 Å². The number of amides is 1. The van der Waals surface area contributed by atoms with Crippen molar-refractivity contribution in [2.75, 3.05) is 13.1 Å². The van der Waals surface area contributed by atoms with Crippen LogP contribution in [0.4, 0.5) is 0 Å². The van der Waals surface area contributed by atoms with Gasteiger partial charge in [0.2, 0.25) is 5.91 Å². The lowest BCUT2D eigenvalue weighted by atomic mass is 10.2. The summed E-state index contributed by atoms with van der Waals surface area (Å²) in [6.07, 6.45) is 7.53. The summed E-state index contributed by atoms with van der Waals surface area (Å²) in [7, 11) is 0. The predicted molar refractivity (Wildman–Crippen MR) is 85.3 cm³/mol. The minimum Gasteiger partial charge on any atom is -0.441 e. The highest BCUT2D eigenvalue weighted by molar-refractivity contribution is 5.76. The fraction of sp³-hybridized carbons (Fsp3) is 0.444. The molecule has 0 aliphatic carbocycles. The van der Waals surface area contributed by atoms with E-state index in [9.17, 15) is 4.79 Å². The molecule has 0 radical (unpaired) electrons. The minimum absolute atomic E-state index is 0.223. The van der Waals surface area contributed by atoms with Crippen molar-refractivity contribution in [1.29, 1.82) is 0 Å². The molecule has 116 valence electrons. The molecule has 4 heteroatoms. The molecule has 1 aromatic carbocycles. The van der Waals surface area contributed by atoms with Gasteiger partial charge in [-0.1, -0.05) is 43.2 Å². The Hall–Kier alpha value is -2.10. The van der Waals surface area contributed by atoms with Crippen molar-refractivity contribution in [2.45, 2.75) is 38.5 Å². The van der Waals surface area contributed by atoms with Crippen molar-refractivity contribution in [3.05, 3.63) is 42.4 Å². The van der Waals surface area contributed by atoms with E-state index in [4.69, 9.17) is 4.42 Å². The van der Waals surface area contributed by atoms with Gasteiger partial charge in [0.05, 0.1) is 6.20 Å². The molecule has 1 amide bonds. The molecule has 0 spiro atoms. The third-order valence-corrected chi connectivity index (χ3v) is 4.12. The molecule has 0 unspecified atom stereocenters. The van der Waals surface area contributed by atoms with Crippen molar-refractivity contribution in [3.8, 4) is 11.3 Å². The average Bonchev–Trinajstić information content (AvgIpc) is 2.87. The van der Waals surface area contributed by atoms with Crippen LogP contribution in [0, 0.1) is 0 Å². The maximum absolute atomic E-state index is 12.3. The highest BCUT2D eigenvalue weighted by Gasteiger charge is 2.16. The zero-order valence-corrected chi connectivity index (χ0v) is 12.8. The van der Waals surface area contributed by atoms with Crippen molar-refractivity contribution in [1.82, 2.24) is 9.88 Å². The van der Waals surface area contributed by atoms with Gasteiger partial charge in [-0.3, -0.25) is 4.79 Å². The van der Waals surface area contributed by atoms with Crippen molar-refractivity contribution in [3.63, 3.8) is 0 Å². The lowest BCUT2D eigenvalue weighted by Gasteiger charge is -2.19. The summed E-state index contributed by atoms with van der Waals surface area (Å²) in [6.45, 7) is 1.80. The van der Waals surface area contributed by atoms with Crippen LogP contribution in [0.5, 0.6) is 0 Å². The molecule has 0 atom stereocenters. The van der Waals surface area contributed by atoms with Crippen molar-refractivity contribution < 1.29 is 9.21 Å². The van der Waals surface area contributed by atoms with E-state index in [2.05, 4.69) is 4.98 Å². The Morgan fingerprint density at radius 3 is 2.55 bits per heavy atom. The quantitative estimate of drug-likeness (QED) is 0.865. The van der Waals surface area contributed by atoms with E-state index < -0.39 is 0 Å². The van der Waals surface area contributed by atoms with Gasteiger partial charge in [0.15, 0.2) is 11.7 Å². The van der Waals surface area contributed by atoms with Crippen LogP contribution in [0.15, 0.2) is 40.9 Å². The van der Waals surface area contributed by atoms with Gasteiger partial charge in [0.25, 0.3) is 0 Å². The van der Waals surface area contributed by atoms with E-state index in [1.54, 1.807) is 6.20 Å². The summed E-state index contributed by atoms with van der Waals surface area (Å²) in [5.74, 6) is 1.63. The zero-order valence-electron chi connectivity index (χ0n) is 12.8. The summed E-state index contributed by atoms with van der Waals surface area (Å²) >= 11 is 0. The zero-order chi connectivity index (χ0) is 15.2. The van der Waals surface area contributed by atoms with Crippen LogP contribution in [-0.2, 0) is 11.2 Å². The number of rotatable bonds is 4. The first kappa shape index (κ1) is 14.8. The van der Waals surface area contributed by atoms with E-state index in [1.807, 2.05) is 35.2 Å². The molecule has 0 saturated carbocycles. The molecule has 0 bridgehead atoms. The normalized spacial score (nSPS) is 15.5. The number of hydrogen-bond acceptors (Lipinski definition) is 3. The van der Waals surface area contributed by atoms with E-state index in [0.717, 1.165) is 37.3 Å². The Morgan fingerprint density at radius 1 is 1.09 bits per heavy atom. The van der Waals surface area contributed by atoms with Gasteiger partial charge in [0.1, 0.15) is 0 Å². The SMILES string of the molecule is O=C(CCc1ncc(-c2ccccc2)o1)N1CCCCCC1. The maximum atomic E-state index is 12.3. The number of carbonyl (C=O) groups excluding carboxylic acids is 1. The van der Waals surface area contributed by atoms with Crippen molar-refractivity contribution in [2.24, 2.45) is 0 Å². The maximum Gasteiger partial charge on any atom is 0.223 e. The molecule has 1 saturated heterocycles. The third-order valence-electron chi connectivity index (χ3n) is 4.12. The molecule has 3 rings (SSSR count). The van der Waals surface area contributed by atoms with Crippen LogP contribution in [0.2, 0.25) is 0 Å². The second-order valence-electron chi connectivity index (χ2n) is 5.78. The molecule has 0 N–H and O–H groups in total. The van der Waals surface area contributed by atoms with Crippen LogP contribution >= 0.6 is 0 Å². The average molecular weight is 298 g/mol. The topological polar surface area (TPSA) is 46.3 Å². The second kappa shape index (κ2) is 7.25. The molecule has 1 aliphatic rings. The summed E-state index contributed by atoms with van der Waals surface area (Å²) in [5, 5.41) is 0. The molecule has 1 aromatic heterocycles. The third kappa shape index (κ3) is 3.75. The highest BCUT2D eigenvalue weighted by Crippen LogP contribution is 2.20.